The van der Waals surface area contributed by atoms with Crippen molar-refractivity contribution in [1.82, 2.24) is 5.32 Å². The molecule has 0 heterocycles. The van der Waals surface area contributed by atoms with E-state index in [1.807, 2.05) is 0 Å². The summed E-state index contributed by atoms with van der Waals surface area (Å²) in [5.74, 6) is 0. The van der Waals surface area contributed by atoms with Crippen LogP contribution in [-0.2, 0) is 9.47 Å². The molecule has 0 radical (unpaired) electrons. The summed E-state index contributed by atoms with van der Waals surface area (Å²) in [6, 6.07) is 0.291. The van der Waals surface area contributed by atoms with Crippen molar-refractivity contribution in [2.45, 2.75) is 71.9 Å². The van der Waals surface area contributed by atoms with Crippen LogP contribution < -0.4 is 5.32 Å². The van der Waals surface area contributed by atoms with Gasteiger partial charge in [0, 0.05) is 13.2 Å². The second-order valence-electron chi connectivity index (χ2n) is 4.79. The standard InChI is InChI=1S/C15H33NO2/c1-6-11-16-14(13-17-12-7-2)15(8-3,9-4)18-10-5/h14,16H,6-13H2,1-5H3. The predicted molar refractivity (Wildman–Crippen MR) is 78.1 cm³/mol. The molecule has 0 spiro atoms. The molecule has 0 rings (SSSR count). The highest BCUT2D eigenvalue weighted by Crippen LogP contribution is 2.25. The maximum atomic E-state index is 6.08. The highest BCUT2D eigenvalue weighted by Gasteiger charge is 2.36. The van der Waals surface area contributed by atoms with E-state index < -0.39 is 0 Å². The van der Waals surface area contributed by atoms with Crippen molar-refractivity contribution in [3.05, 3.63) is 0 Å². The van der Waals surface area contributed by atoms with Crippen LogP contribution in [0.5, 0.6) is 0 Å². The molecule has 110 valence electrons. The first-order chi connectivity index (χ1) is 8.70. The van der Waals surface area contributed by atoms with E-state index in [0.29, 0.717) is 6.04 Å². The highest BCUT2D eigenvalue weighted by atomic mass is 16.5. The van der Waals surface area contributed by atoms with E-state index in [1.54, 1.807) is 0 Å². The van der Waals surface area contributed by atoms with Gasteiger partial charge in [-0.25, -0.2) is 0 Å². The third-order valence-electron chi connectivity index (χ3n) is 3.54. The van der Waals surface area contributed by atoms with Gasteiger partial charge in [-0.2, -0.15) is 0 Å². The van der Waals surface area contributed by atoms with Crippen LogP contribution in [0.3, 0.4) is 0 Å². The Morgan fingerprint density at radius 2 is 1.67 bits per heavy atom. The van der Waals surface area contributed by atoms with Crippen LogP contribution in [0.4, 0.5) is 0 Å². The largest absolute Gasteiger partial charge is 0.380 e. The first-order valence-electron chi connectivity index (χ1n) is 7.65. The fraction of sp³-hybridized carbons (Fsp3) is 1.00. The molecule has 0 saturated heterocycles. The molecular formula is C15H33NO2. The van der Waals surface area contributed by atoms with Gasteiger partial charge in [-0.3, -0.25) is 0 Å². The van der Waals surface area contributed by atoms with E-state index in [2.05, 4.69) is 39.9 Å². The topological polar surface area (TPSA) is 30.5 Å². The minimum Gasteiger partial charge on any atom is -0.380 e. The number of rotatable bonds is 12. The second-order valence-corrected chi connectivity index (χ2v) is 4.79. The quantitative estimate of drug-likeness (QED) is 0.545. The van der Waals surface area contributed by atoms with Gasteiger partial charge in [-0.05, 0) is 39.2 Å². The van der Waals surface area contributed by atoms with Gasteiger partial charge in [0.15, 0.2) is 0 Å². The van der Waals surface area contributed by atoms with Crippen LogP contribution in [0.15, 0.2) is 0 Å². The fourth-order valence-electron chi connectivity index (χ4n) is 2.40. The molecule has 0 fully saturated rings. The summed E-state index contributed by atoms with van der Waals surface area (Å²) < 4.78 is 11.8. The van der Waals surface area contributed by atoms with E-state index in [9.17, 15) is 0 Å². The van der Waals surface area contributed by atoms with Gasteiger partial charge in [0.25, 0.3) is 0 Å². The molecule has 1 N–H and O–H groups in total. The number of hydrogen-bond acceptors (Lipinski definition) is 3. The smallest absolute Gasteiger partial charge is 0.0851 e. The van der Waals surface area contributed by atoms with E-state index in [0.717, 1.165) is 52.0 Å². The number of hydrogen-bond donors (Lipinski definition) is 1. The molecule has 0 aliphatic rings. The molecule has 0 saturated carbocycles. The molecule has 18 heavy (non-hydrogen) atoms. The molecule has 1 atom stereocenters. The zero-order chi connectivity index (χ0) is 13.9. The summed E-state index contributed by atoms with van der Waals surface area (Å²) in [5.41, 5.74) is -0.0857. The van der Waals surface area contributed by atoms with E-state index >= 15 is 0 Å². The summed E-state index contributed by atoms with van der Waals surface area (Å²) >= 11 is 0. The number of nitrogens with one attached hydrogen (secondary N) is 1. The van der Waals surface area contributed by atoms with Crippen LogP contribution in [-0.4, -0.2) is 38.0 Å². The lowest BCUT2D eigenvalue weighted by Crippen LogP contribution is -2.54. The summed E-state index contributed by atoms with van der Waals surface area (Å²) in [7, 11) is 0. The van der Waals surface area contributed by atoms with Crippen molar-refractivity contribution >= 4 is 0 Å². The zero-order valence-electron chi connectivity index (χ0n) is 13.1. The maximum absolute atomic E-state index is 6.08. The first-order valence-corrected chi connectivity index (χ1v) is 7.65. The molecule has 0 bridgehead atoms. The van der Waals surface area contributed by atoms with Gasteiger partial charge in [0.1, 0.15) is 0 Å². The minimum atomic E-state index is -0.0857. The van der Waals surface area contributed by atoms with Crippen LogP contribution in [0.25, 0.3) is 0 Å². The Labute approximate surface area is 114 Å². The summed E-state index contributed by atoms with van der Waals surface area (Å²) in [5, 5.41) is 3.61. The lowest BCUT2D eigenvalue weighted by molar-refractivity contribution is -0.0896. The van der Waals surface area contributed by atoms with Crippen LogP contribution >= 0.6 is 0 Å². The Morgan fingerprint density at radius 1 is 1.00 bits per heavy atom. The molecule has 0 amide bonds. The molecule has 0 aliphatic heterocycles. The van der Waals surface area contributed by atoms with Crippen molar-refractivity contribution in [2.24, 2.45) is 0 Å². The molecule has 0 aromatic carbocycles. The van der Waals surface area contributed by atoms with E-state index in [1.165, 1.54) is 0 Å². The van der Waals surface area contributed by atoms with E-state index in [4.69, 9.17) is 9.47 Å². The van der Waals surface area contributed by atoms with Gasteiger partial charge in [-0.15, -0.1) is 0 Å². The van der Waals surface area contributed by atoms with Crippen molar-refractivity contribution in [1.29, 1.82) is 0 Å². The average molecular weight is 259 g/mol. The highest BCUT2D eigenvalue weighted by molar-refractivity contribution is 4.91. The Hall–Kier alpha value is -0.120. The van der Waals surface area contributed by atoms with Crippen molar-refractivity contribution in [3.63, 3.8) is 0 Å². The second kappa shape index (κ2) is 10.8. The van der Waals surface area contributed by atoms with Gasteiger partial charge in [0.2, 0.25) is 0 Å². The van der Waals surface area contributed by atoms with Crippen LogP contribution in [0.1, 0.15) is 60.3 Å². The molecule has 1 unspecified atom stereocenters. The van der Waals surface area contributed by atoms with Gasteiger partial charge >= 0.3 is 0 Å². The van der Waals surface area contributed by atoms with Gasteiger partial charge < -0.3 is 14.8 Å². The first kappa shape index (κ1) is 17.9. The van der Waals surface area contributed by atoms with E-state index in [-0.39, 0.29) is 5.60 Å². The Bertz CT molecular complexity index is 181. The molecule has 0 aromatic rings. The van der Waals surface area contributed by atoms with Crippen LogP contribution in [0, 0.1) is 0 Å². The summed E-state index contributed by atoms with van der Waals surface area (Å²) in [6.45, 7) is 14.2. The molecule has 0 aliphatic carbocycles. The Balaban J connectivity index is 4.61. The maximum Gasteiger partial charge on any atom is 0.0851 e. The lowest BCUT2D eigenvalue weighted by Gasteiger charge is -2.40. The van der Waals surface area contributed by atoms with Gasteiger partial charge in [0.05, 0.1) is 18.2 Å². The van der Waals surface area contributed by atoms with Crippen molar-refractivity contribution in [2.75, 3.05) is 26.4 Å². The molecule has 3 nitrogen and oxygen atoms in total. The molecule has 0 aromatic heterocycles. The third kappa shape index (κ3) is 5.68. The van der Waals surface area contributed by atoms with Crippen molar-refractivity contribution in [3.8, 4) is 0 Å². The molecule has 3 heteroatoms. The predicted octanol–water partition coefficient (Wildman–Crippen LogP) is 3.38. The summed E-state index contributed by atoms with van der Waals surface area (Å²) in [4.78, 5) is 0. The summed E-state index contributed by atoms with van der Waals surface area (Å²) in [6.07, 6.45) is 4.25. The van der Waals surface area contributed by atoms with Crippen LogP contribution in [0.2, 0.25) is 0 Å². The van der Waals surface area contributed by atoms with Crippen molar-refractivity contribution < 1.29 is 9.47 Å². The monoisotopic (exact) mass is 259 g/mol. The normalized spacial score (nSPS) is 13.8. The SMILES string of the molecule is CCCNC(COCCC)C(CC)(CC)OCC. The number of ether oxygens (including phenoxy) is 2. The third-order valence-corrected chi connectivity index (χ3v) is 3.54. The van der Waals surface area contributed by atoms with Gasteiger partial charge in [-0.1, -0.05) is 27.7 Å². The Kier molecular flexibility index (Phi) is 10.7. The Morgan fingerprint density at radius 3 is 2.11 bits per heavy atom. The minimum absolute atomic E-state index is 0.0857. The zero-order valence-corrected chi connectivity index (χ0v) is 13.1. The lowest BCUT2D eigenvalue weighted by atomic mass is 9.88. The molecular weight excluding hydrogens is 226 g/mol. The average Bonchev–Trinajstić information content (AvgIpc) is 2.40. The fourth-order valence-corrected chi connectivity index (χ4v) is 2.40.